The Bertz CT molecular complexity index is 218. The van der Waals surface area contributed by atoms with Crippen molar-refractivity contribution in [1.82, 2.24) is 0 Å². The van der Waals surface area contributed by atoms with E-state index in [4.69, 9.17) is 4.74 Å². The lowest BCUT2D eigenvalue weighted by Gasteiger charge is -2.46. The molecule has 0 aromatic heterocycles. The van der Waals surface area contributed by atoms with E-state index in [1.54, 1.807) is 0 Å². The van der Waals surface area contributed by atoms with Crippen molar-refractivity contribution in [3.05, 3.63) is 0 Å². The largest absolute Gasteiger partial charge is 0.375 e. The molecule has 1 heteroatoms. The first-order valence-corrected chi connectivity index (χ1v) is 8.91. The van der Waals surface area contributed by atoms with E-state index in [2.05, 4.69) is 13.8 Å². The second-order valence-corrected chi connectivity index (χ2v) is 7.06. The van der Waals surface area contributed by atoms with E-state index < -0.39 is 0 Å². The standard InChI is InChI=1S/C18H34O/c1-3-4-15-19-18(2,16-11-7-5-8-12-16)17-13-9-6-10-14-17/h16-17H,3-15H2,1-2H3. The normalized spacial score (nSPS) is 23.7. The van der Waals surface area contributed by atoms with Crippen molar-refractivity contribution in [2.24, 2.45) is 11.8 Å². The molecule has 0 aliphatic heterocycles. The smallest absolute Gasteiger partial charge is 0.0710 e. The molecule has 0 aromatic rings. The summed E-state index contributed by atoms with van der Waals surface area (Å²) in [6.07, 6.45) is 16.8. The number of ether oxygens (including phenoxy) is 1. The Morgan fingerprint density at radius 2 is 1.32 bits per heavy atom. The minimum Gasteiger partial charge on any atom is -0.375 e. The maximum Gasteiger partial charge on any atom is 0.0710 e. The van der Waals surface area contributed by atoms with Gasteiger partial charge in [0.2, 0.25) is 0 Å². The van der Waals surface area contributed by atoms with Gasteiger partial charge in [-0.1, -0.05) is 51.9 Å². The Balaban J connectivity index is 2.00. The summed E-state index contributed by atoms with van der Waals surface area (Å²) in [7, 11) is 0. The molecule has 2 fully saturated rings. The molecule has 0 aromatic carbocycles. The molecule has 0 bridgehead atoms. The molecule has 0 N–H and O–H groups in total. The van der Waals surface area contributed by atoms with Gasteiger partial charge in [0, 0.05) is 6.61 Å². The number of rotatable bonds is 6. The average Bonchev–Trinajstić information content (AvgIpc) is 2.49. The van der Waals surface area contributed by atoms with Crippen LogP contribution in [0.1, 0.15) is 90.9 Å². The van der Waals surface area contributed by atoms with Gasteiger partial charge in [0.15, 0.2) is 0 Å². The summed E-state index contributed by atoms with van der Waals surface area (Å²) in [4.78, 5) is 0. The fourth-order valence-corrected chi connectivity index (χ4v) is 4.36. The SMILES string of the molecule is CCCCOC(C)(C1CCCCC1)C1CCCCC1. The summed E-state index contributed by atoms with van der Waals surface area (Å²) < 4.78 is 6.55. The van der Waals surface area contributed by atoms with Crippen LogP contribution in [0, 0.1) is 11.8 Å². The maximum absolute atomic E-state index is 6.55. The molecule has 2 saturated carbocycles. The Kier molecular flexibility index (Phi) is 6.19. The third-order valence-corrected chi connectivity index (χ3v) is 5.74. The van der Waals surface area contributed by atoms with E-state index in [9.17, 15) is 0 Å². The van der Waals surface area contributed by atoms with Crippen LogP contribution in [0.5, 0.6) is 0 Å². The zero-order chi connectivity index (χ0) is 13.6. The molecule has 0 atom stereocenters. The van der Waals surface area contributed by atoms with E-state index in [-0.39, 0.29) is 5.60 Å². The highest BCUT2D eigenvalue weighted by atomic mass is 16.5. The summed E-state index contributed by atoms with van der Waals surface area (Å²) in [5.41, 5.74) is 0.190. The highest BCUT2D eigenvalue weighted by Gasteiger charge is 2.42. The maximum atomic E-state index is 6.55. The lowest BCUT2D eigenvalue weighted by Crippen LogP contribution is -2.46. The Morgan fingerprint density at radius 3 is 1.74 bits per heavy atom. The van der Waals surface area contributed by atoms with Gasteiger partial charge in [-0.05, 0) is 50.9 Å². The monoisotopic (exact) mass is 266 g/mol. The highest BCUT2D eigenvalue weighted by molar-refractivity contribution is 4.93. The minimum absolute atomic E-state index is 0.190. The summed E-state index contributed by atoms with van der Waals surface area (Å²) in [5, 5.41) is 0. The molecule has 2 aliphatic rings. The average molecular weight is 266 g/mol. The van der Waals surface area contributed by atoms with Crippen molar-refractivity contribution in [2.45, 2.75) is 96.5 Å². The lowest BCUT2D eigenvalue weighted by molar-refractivity contribution is -0.130. The molecule has 2 aliphatic carbocycles. The molecule has 0 heterocycles. The van der Waals surface area contributed by atoms with Crippen LogP contribution in [0.15, 0.2) is 0 Å². The van der Waals surface area contributed by atoms with Gasteiger partial charge in [0.25, 0.3) is 0 Å². The molecule has 0 amide bonds. The van der Waals surface area contributed by atoms with Gasteiger partial charge in [-0.2, -0.15) is 0 Å². The van der Waals surface area contributed by atoms with Gasteiger partial charge in [-0.3, -0.25) is 0 Å². The van der Waals surface area contributed by atoms with Crippen LogP contribution >= 0.6 is 0 Å². The quantitative estimate of drug-likeness (QED) is 0.558. The molecular formula is C18H34O. The van der Waals surface area contributed by atoms with Crippen LogP contribution in [0.2, 0.25) is 0 Å². The molecule has 0 unspecified atom stereocenters. The molecule has 0 spiro atoms. The van der Waals surface area contributed by atoms with Crippen LogP contribution in [0.4, 0.5) is 0 Å². The first-order valence-electron chi connectivity index (χ1n) is 8.91. The van der Waals surface area contributed by atoms with Crippen LogP contribution in [0.3, 0.4) is 0 Å². The predicted octanol–water partition coefficient (Wildman–Crippen LogP) is 5.72. The summed E-state index contributed by atoms with van der Waals surface area (Å²) >= 11 is 0. The number of hydrogen-bond donors (Lipinski definition) is 0. The Hall–Kier alpha value is -0.0400. The third-order valence-electron chi connectivity index (χ3n) is 5.74. The van der Waals surface area contributed by atoms with Crippen LogP contribution in [0.25, 0.3) is 0 Å². The van der Waals surface area contributed by atoms with Crippen LogP contribution in [-0.2, 0) is 4.74 Å². The second kappa shape index (κ2) is 7.67. The van der Waals surface area contributed by atoms with E-state index in [0.717, 1.165) is 18.4 Å². The Labute approximate surface area is 120 Å². The Morgan fingerprint density at radius 1 is 0.842 bits per heavy atom. The van der Waals surface area contributed by atoms with Gasteiger partial charge in [-0.25, -0.2) is 0 Å². The highest BCUT2D eigenvalue weighted by Crippen LogP contribution is 2.45. The van der Waals surface area contributed by atoms with Crippen molar-refractivity contribution < 1.29 is 4.74 Å². The molecule has 0 saturated heterocycles. The van der Waals surface area contributed by atoms with Gasteiger partial charge in [-0.15, -0.1) is 0 Å². The molecule has 112 valence electrons. The van der Waals surface area contributed by atoms with Crippen LogP contribution in [-0.4, -0.2) is 12.2 Å². The molecule has 0 radical (unpaired) electrons. The van der Waals surface area contributed by atoms with Gasteiger partial charge < -0.3 is 4.74 Å². The first-order chi connectivity index (χ1) is 9.27. The van der Waals surface area contributed by atoms with Crippen molar-refractivity contribution >= 4 is 0 Å². The molecule has 2 rings (SSSR count). The van der Waals surface area contributed by atoms with Crippen molar-refractivity contribution in [3.8, 4) is 0 Å². The lowest BCUT2D eigenvalue weighted by atomic mass is 9.67. The van der Waals surface area contributed by atoms with Crippen molar-refractivity contribution in [1.29, 1.82) is 0 Å². The third kappa shape index (κ3) is 3.97. The van der Waals surface area contributed by atoms with Gasteiger partial charge in [0.1, 0.15) is 0 Å². The van der Waals surface area contributed by atoms with Gasteiger partial charge >= 0.3 is 0 Å². The van der Waals surface area contributed by atoms with E-state index in [1.807, 2.05) is 0 Å². The van der Waals surface area contributed by atoms with Crippen molar-refractivity contribution in [3.63, 3.8) is 0 Å². The topological polar surface area (TPSA) is 9.23 Å². The summed E-state index contributed by atoms with van der Waals surface area (Å²) in [6.45, 7) is 5.72. The molecule has 1 nitrogen and oxygen atoms in total. The summed E-state index contributed by atoms with van der Waals surface area (Å²) in [5.74, 6) is 1.67. The predicted molar refractivity (Wildman–Crippen MR) is 82.4 cm³/mol. The zero-order valence-corrected chi connectivity index (χ0v) is 13.3. The van der Waals surface area contributed by atoms with E-state index in [1.165, 1.54) is 77.0 Å². The van der Waals surface area contributed by atoms with Crippen LogP contribution < -0.4 is 0 Å². The van der Waals surface area contributed by atoms with Gasteiger partial charge in [0.05, 0.1) is 5.60 Å². The molecular weight excluding hydrogens is 232 g/mol. The summed E-state index contributed by atoms with van der Waals surface area (Å²) in [6, 6.07) is 0. The van der Waals surface area contributed by atoms with E-state index in [0.29, 0.717) is 0 Å². The second-order valence-electron chi connectivity index (χ2n) is 7.06. The molecule has 19 heavy (non-hydrogen) atoms. The van der Waals surface area contributed by atoms with Crippen molar-refractivity contribution in [2.75, 3.05) is 6.61 Å². The first kappa shape index (κ1) is 15.4. The minimum atomic E-state index is 0.190. The zero-order valence-electron chi connectivity index (χ0n) is 13.3. The number of unbranched alkanes of at least 4 members (excludes halogenated alkanes) is 1. The fraction of sp³-hybridized carbons (Fsp3) is 1.00. The van der Waals surface area contributed by atoms with E-state index >= 15 is 0 Å². The fourth-order valence-electron chi connectivity index (χ4n) is 4.36. The number of hydrogen-bond acceptors (Lipinski definition) is 1.